The number of quaternary nitrogens is 1. The summed E-state index contributed by atoms with van der Waals surface area (Å²) in [6.07, 6.45) is 1.53. The first kappa shape index (κ1) is 18.5. The Balaban J connectivity index is 1.46. The molecule has 0 unspecified atom stereocenters. The van der Waals surface area contributed by atoms with Gasteiger partial charge in [-0.15, -0.1) is 0 Å². The van der Waals surface area contributed by atoms with Crippen LogP contribution in [0.25, 0.3) is 16.7 Å². The maximum absolute atomic E-state index is 13.5. The molecule has 146 valence electrons. The minimum atomic E-state index is -0.919. The minimum absolute atomic E-state index is 0.156. The molecular weight excluding hydrogens is 366 g/mol. The summed E-state index contributed by atoms with van der Waals surface area (Å²) in [6, 6.07) is 8.83. The van der Waals surface area contributed by atoms with Crippen LogP contribution in [0.2, 0.25) is 0 Å². The van der Waals surface area contributed by atoms with E-state index < -0.39 is 11.6 Å². The Morgan fingerprint density at radius 1 is 1.14 bits per heavy atom. The van der Waals surface area contributed by atoms with Crippen molar-refractivity contribution in [1.29, 1.82) is 0 Å². The van der Waals surface area contributed by atoms with E-state index in [1.54, 1.807) is 22.8 Å². The van der Waals surface area contributed by atoms with Crippen LogP contribution < -0.4 is 10.2 Å². The van der Waals surface area contributed by atoms with Crippen LogP contribution in [-0.4, -0.2) is 54.9 Å². The van der Waals surface area contributed by atoms with Crippen molar-refractivity contribution in [3.8, 4) is 5.69 Å². The number of imidazole rings is 1. The van der Waals surface area contributed by atoms with E-state index in [2.05, 4.69) is 10.3 Å². The van der Waals surface area contributed by atoms with Crippen LogP contribution in [0.5, 0.6) is 0 Å². The SMILES string of the molecule is O=C(NCC[NH+]1CCOCC1)c1ccc2c(c1)ncn2-c1ccc(F)c(F)c1. The molecule has 1 fully saturated rings. The molecule has 2 heterocycles. The second kappa shape index (κ2) is 8.04. The van der Waals surface area contributed by atoms with Crippen molar-refractivity contribution in [2.75, 3.05) is 39.4 Å². The van der Waals surface area contributed by atoms with E-state index in [-0.39, 0.29) is 5.91 Å². The van der Waals surface area contributed by atoms with Gasteiger partial charge in [0.1, 0.15) is 19.4 Å². The summed E-state index contributed by atoms with van der Waals surface area (Å²) in [5, 5.41) is 2.94. The maximum Gasteiger partial charge on any atom is 0.251 e. The standard InChI is InChI=1S/C20H20F2N4O2/c21-16-3-2-15(12-17(16)22)26-13-24-18-11-14(1-4-19(18)26)20(27)23-5-6-25-7-9-28-10-8-25/h1-4,11-13H,5-10H2,(H,23,27)/p+1. The van der Waals surface area contributed by atoms with Crippen LogP contribution in [0.4, 0.5) is 8.78 Å². The normalized spacial score (nSPS) is 15.1. The number of rotatable bonds is 5. The Hall–Kier alpha value is -2.84. The number of nitrogens with one attached hydrogen (secondary N) is 2. The lowest BCUT2D eigenvalue weighted by Crippen LogP contribution is -3.14. The number of hydrogen-bond acceptors (Lipinski definition) is 3. The summed E-state index contributed by atoms with van der Waals surface area (Å²) in [5.74, 6) is -1.97. The molecular formula is C20H21F2N4O2+. The lowest BCUT2D eigenvalue weighted by molar-refractivity contribution is -0.906. The number of amides is 1. The van der Waals surface area contributed by atoms with Crippen molar-refractivity contribution in [2.45, 2.75) is 0 Å². The van der Waals surface area contributed by atoms with Gasteiger partial charge in [0.2, 0.25) is 0 Å². The first-order valence-electron chi connectivity index (χ1n) is 9.24. The molecule has 6 nitrogen and oxygen atoms in total. The third kappa shape index (κ3) is 3.88. The lowest BCUT2D eigenvalue weighted by atomic mass is 10.2. The number of benzene rings is 2. The average molecular weight is 387 g/mol. The van der Waals surface area contributed by atoms with Crippen LogP contribution in [-0.2, 0) is 4.74 Å². The van der Waals surface area contributed by atoms with Gasteiger partial charge >= 0.3 is 0 Å². The van der Waals surface area contributed by atoms with Gasteiger partial charge in [0.05, 0.1) is 43.0 Å². The van der Waals surface area contributed by atoms with E-state index in [0.717, 1.165) is 45.0 Å². The van der Waals surface area contributed by atoms with E-state index in [0.29, 0.717) is 28.8 Å². The lowest BCUT2D eigenvalue weighted by Gasteiger charge is -2.23. The number of ether oxygens (including phenoxy) is 1. The fourth-order valence-electron chi connectivity index (χ4n) is 3.36. The van der Waals surface area contributed by atoms with Gasteiger partial charge in [-0.1, -0.05) is 0 Å². The topological polar surface area (TPSA) is 60.6 Å². The van der Waals surface area contributed by atoms with E-state index in [1.165, 1.54) is 17.3 Å². The predicted molar refractivity (Wildman–Crippen MR) is 99.7 cm³/mol. The summed E-state index contributed by atoms with van der Waals surface area (Å²) in [6.45, 7) is 4.91. The Morgan fingerprint density at radius 3 is 2.75 bits per heavy atom. The van der Waals surface area contributed by atoms with Crippen molar-refractivity contribution in [2.24, 2.45) is 0 Å². The van der Waals surface area contributed by atoms with E-state index >= 15 is 0 Å². The third-order valence-electron chi connectivity index (χ3n) is 4.95. The van der Waals surface area contributed by atoms with Crippen LogP contribution in [0.1, 0.15) is 10.4 Å². The Bertz CT molecular complexity index is 999. The van der Waals surface area contributed by atoms with Gasteiger partial charge in [-0.05, 0) is 30.3 Å². The Morgan fingerprint density at radius 2 is 1.96 bits per heavy atom. The molecule has 28 heavy (non-hydrogen) atoms. The number of aromatic nitrogens is 2. The number of halogens is 2. The van der Waals surface area contributed by atoms with Crippen LogP contribution in [0.15, 0.2) is 42.7 Å². The number of hydrogen-bond donors (Lipinski definition) is 2. The van der Waals surface area contributed by atoms with Crippen LogP contribution in [0, 0.1) is 11.6 Å². The molecule has 0 saturated carbocycles. The van der Waals surface area contributed by atoms with Gasteiger partial charge in [0, 0.05) is 11.6 Å². The number of carbonyl (C=O) groups excluding carboxylic acids is 1. The smallest absolute Gasteiger partial charge is 0.251 e. The number of carbonyl (C=O) groups is 1. The van der Waals surface area contributed by atoms with Crippen molar-refractivity contribution in [3.05, 3.63) is 59.9 Å². The molecule has 0 spiro atoms. The molecule has 1 aliphatic rings. The van der Waals surface area contributed by atoms with Gasteiger partial charge in [-0.25, -0.2) is 13.8 Å². The van der Waals surface area contributed by atoms with E-state index in [1.807, 2.05) is 0 Å². The zero-order chi connectivity index (χ0) is 19.5. The second-order valence-electron chi connectivity index (χ2n) is 6.78. The van der Waals surface area contributed by atoms with Gasteiger partial charge in [-0.2, -0.15) is 0 Å². The zero-order valence-corrected chi connectivity index (χ0v) is 15.3. The maximum atomic E-state index is 13.5. The molecule has 3 aromatic rings. The molecule has 1 saturated heterocycles. The van der Waals surface area contributed by atoms with Crippen molar-refractivity contribution < 1.29 is 23.2 Å². The van der Waals surface area contributed by atoms with Crippen LogP contribution >= 0.6 is 0 Å². The summed E-state index contributed by atoms with van der Waals surface area (Å²) >= 11 is 0. The highest BCUT2D eigenvalue weighted by Gasteiger charge is 2.15. The molecule has 0 radical (unpaired) electrons. The van der Waals surface area contributed by atoms with Crippen molar-refractivity contribution in [3.63, 3.8) is 0 Å². The van der Waals surface area contributed by atoms with Gasteiger partial charge < -0.3 is 15.0 Å². The first-order valence-corrected chi connectivity index (χ1v) is 9.24. The highest BCUT2D eigenvalue weighted by atomic mass is 19.2. The largest absolute Gasteiger partial charge is 0.370 e. The van der Waals surface area contributed by atoms with Crippen molar-refractivity contribution >= 4 is 16.9 Å². The molecule has 1 aliphatic heterocycles. The number of nitrogens with zero attached hydrogens (tertiary/aromatic N) is 2. The molecule has 0 atom stereocenters. The van der Waals surface area contributed by atoms with E-state index in [9.17, 15) is 13.6 Å². The Kier molecular flexibility index (Phi) is 5.31. The fourth-order valence-corrected chi connectivity index (χ4v) is 3.36. The number of morpholine rings is 1. The molecule has 1 aromatic heterocycles. The molecule has 8 heteroatoms. The number of fused-ring (bicyclic) bond motifs is 1. The highest BCUT2D eigenvalue weighted by Crippen LogP contribution is 2.21. The monoisotopic (exact) mass is 387 g/mol. The first-order chi connectivity index (χ1) is 13.6. The van der Waals surface area contributed by atoms with Gasteiger partial charge in [0.25, 0.3) is 5.91 Å². The molecule has 4 rings (SSSR count). The predicted octanol–water partition coefficient (Wildman–Crippen LogP) is 0.949. The highest BCUT2D eigenvalue weighted by molar-refractivity contribution is 5.97. The fraction of sp³-hybridized carbons (Fsp3) is 0.300. The Labute approximate surface area is 160 Å². The summed E-state index contributed by atoms with van der Waals surface area (Å²) in [5.41, 5.74) is 2.30. The minimum Gasteiger partial charge on any atom is -0.370 e. The summed E-state index contributed by atoms with van der Waals surface area (Å²) in [7, 11) is 0. The molecule has 1 amide bonds. The third-order valence-corrected chi connectivity index (χ3v) is 4.95. The average Bonchev–Trinajstić information content (AvgIpc) is 3.14. The van der Waals surface area contributed by atoms with Crippen molar-refractivity contribution in [1.82, 2.24) is 14.9 Å². The van der Waals surface area contributed by atoms with Crippen LogP contribution in [0.3, 0.4) is 0 Å². The molecule has 0 bridgehead atoms. The molecule has 2 N–H and O–H groups in total. The second-order valence-corrected chi connectivity index (χ2v) is 6.78. The summed E-state index contributed by atoms with van der Waals surface area (Å²) in [4.78, 5) is 18.1. The molecule has 0 aliphatic carbocycles. The molecule has 2 aromatic carbocycles. The quantitative estimate of drug-likeness (QED) is 0.685. The van der Waals surface area contributed by atoms with Gasteiger partial charge in [0.15, 0.2) is 11.6 Å². The zero-order valence-electron chi connectivity index (χ0n) is 15.3. The van der Waals surface area contributed by atoms with E-state index in [4.69, 9.17) is 4.74 Å². The summed E-state index contributed by atoms with van der Waals surface area (Å²) < 4.78 is 33.7. The van der Waals surface area contributed by atoms with Gasteiger partial charge in [-0.3, -0.25) is 9.36 Å².